The Bertz CT molecular complexity index is 1560. The largest absolute Gasteiger partial charge is 0.481 e. The number of carbonyl (C=O) groups excluding carboxylic acids is 1. The molecule has 0 bridgehead atoms. The quantitative estimate of drug-likeness (QED) is 0.174. The van der Waals surface area contributed by atoms with E-state index in [0.717, 1.165) is 38.5 Å². The second-order valence-electron chi connectivity index (χ2n) is 10.7. The van der Waals surface area contributed by atoms with Crippen molar-refractivity contribution in [2.45, 2.75) is 62.5 Å². The van der Waals surface area contributed by atoms with Crippen LogP contribution in [0.2, 0.25) is 0 Å². The minimum absolute atomic E-state index is 0.0122. The molecule has 1 aliphatic rings. The van der Waals surface area contributed by atoms with Crippen molar-refractivity contribution in [2.75, 3.05) is 5.75 Å². The van der Waals surface area contributed by atoms with Gasteiger partial charge in [-0.1, -0.05) is 72.4 Å². The highest BCUT2D eigenvalue weighted by atomic mass is 32.2. The Balaban J connectivity index is 1.31. The topological polar surface area (TPSA) is 136 Å². The predicted molar refractivity (Wildman–Crippen MR) is 165 cm³/mol. The number of benzene rings is 3. The van der Waals surface area contributed by atoms with E-state index in [0.29, 0.717) is 25.1 Å². The molecule has 4 aromatic rings. The second kappa shape index (κ2) is 15.1. The van der Waals surface area contributed by atoms with E-state index in [9.17, 15) is 14.7 Å². The number of amides is 1. The van der Waals surface area contributed by atoms with Crippen molar-refractivity contribution in [1.82, 2.24) is 20.1 Å². The SMILES string of the molecule is Cn1cnnc1SCC1CC(c2ccc(CO)cc2)OC(c2cccc(-c3cccc(CNC(=O)CCCC(=O)O)c3)c2)O1. The molecule has 10 nitrogen and oxygen atoms in total. The van der Waals surface area contributed by atoms with Gasteiger partial charge in [0.05, 0.1) is 18.8 Å². The Morgan fingerprint density at radius 2 is 1.75 bits per heavy atom. The fraction of sp³-hybridized carbons (Fsp3) is 0.333. The number of aliphatic hydroxyl groups excluding tert-OH is 1. The van der Waals surface area contributed by atoms with Crippen LogP contribution in [0.1, 0.15) is 60.3 Å². The Hall–Kier alpha value is -4.03. The molecule has 1 aliphatic heterocycles. The summed E-state index contributed by atoms with van der Waals surface area (Å²) in [6, 6.07) is 23.9. The summed E-state index contributed by atoms with van der Waals surface area (Å²) < 4.78 is 14.9. The van der Waals surface area contributed by atoms with E-state index < -0.39 is 12.3 Å². The van der Waals surface area contributed by atoms with Gasteiger partial charge in [-0.15, -0.1) is 10.2 Å². The number of carboxylic acid groups (broad SMARTS) is 1. The fourth-order valence-corrected chi connectivity index (χ4v) is 5.91. The van der Waals surface area contributed by atoms with Gasteiger partial charge in [0.15, 0.2) is 11.4 Å². The van der Waals surface area contributed by atoms with E-state index in [1.54, 1.807) is 18.1 Å². The van der Waals surface area contributed by atoms with E-state index in [-0.39, 0.29) is 37.6 Å². The van der Waals surface area contributed by atoms with E-state index in [2.05, 4.69) is 21.6 Å². The summed E-state index contributed by atoms with van der Waals surface area (Å²) in [4.78, 5) is 22.8. The number of aliphatic hydroxyl groups is 1. The molecule has 3 aromatic carbocycles. The number of carboxylic acids is 1. The first-order chi connectivity index (χ1) is 21.4. The molecule has 3 unspecified atom stereocenters. The summed E-state index contributed by atoms with van der Waals surface area (Å²) >= 11 is 1.59. The number of nitrogens with zero attached hydrogens (tertiary/aromatic N) is 3. The van der Waals surface area contributed by atoms with Crippen molar-refractivity contribution in [3.05, 3.63) is 101 Å². The molecule has 0 spiro atoms. The molecule has 1 saturated heterocycles. The van der Waals surface area contributed by atoms with Crippen LogP contribution in [0.3, 0.4) is 0 Å². The molecular weight excluding hydrogens is 580 g/mol. The number of aryl methyl sites for hydroxylation is 1. The third kappa shape index (κ3) is 8.54. The third-order valence-corrected chi connectivity index (χ3v) is 8.55. The number of carbonyl (C=O) groups is 2. The van der Waals surface area contributed by atoms with Gasteiger partial charge in [-0.05, 0) is 46.4 Å². The van der Waals surface area contributed by atoms with Gasteiger partial charge in [0, 0.05) is 44.2 Å². The Morgan fingerprint density at radius 1 is 0.977 bits per heavy atom. The summed E-state index contributed by atoms with van der Waals surface area (Å²) in [5, 5.41) is 30.1. The van der Waals surface area contributed by atoms with Crippen molar-refractivity contribution in [3.8, 4) is 11.1 Å². The van der Waals surface area contributed by atoms with Gasteiger partial charge in [-0.3, -0.25) is 9.59 Å². The molecule has 1 amide bonds. The van der Waals surface area contributed by atoms with Gasteiger partial charge in [-0.25, -0.2) is 0 Å². The van der Waals surface area contributed by atoms with Crippen LogP contribution in [0, 0.1) is 0 Å². The van der Waals surface area contributed by atoms with Crippen LogP contribution in [0.4, 0.5) is 0 Å². The number of aromatic nitrogens is 3. The van der Waals surface area contributed by atoms with Crippen molar-refractivity contribution < 1.29 is 29.3 Å². The third-order valence-electron chi connectivity index (χ3n) is 7.39. The predicted octanol–water partition coefficient (Wildman–Crippen LogP) is 5.18. The lowest BCUT2D eigenvalue weighted by molar-refractivity contribution is -0.245. The normalized spacial score (nSPS) is 18.2. The standard InChI is InChI=1S/C33H36N4O6S/c1-37-21-35-36-33(37)44-20-28-17-29(24-13-11-22(19-38)12-14-24)43-32(42-28)27-8-3-7-26(16-27)25-6-2-5-23(15-25)18-34-30(39)9-4-10-31(40)41/h2-3,5-8,11-16,21,28-29,32,38H,4,9-10,17-20H2,1H3,(H,34,39)(H,40,41). The molecule has 0 radical (unpaired) electrons. The number of nitrogens with one attached hydrogen (secondary N) is 1. The van der Waals surface area contributed by atoms with Crippen LogP contribution in [0.25, 0.3) is 11.1 Å². The van der Waals surface area contributed by atoms with Crippen LogP contribution in [-0.4, -0.2) is 48.7 Å². The minimum atomic E-state index is -0.902. The maximum atomic E-state index is 12.1. The number of hydrogen-bond acceptors (Lipinski definition) is 8. The Kier molecular flexibility index (Phi) is 10.8. The summed E-state index contributed by atoms with van der Waals surface area (Å²) in [5.74, 6) is -0.389. The molecule has 44 heavy (non-hydrogen) atoms. The number of thioether (sulfide) groups is 1. The van der Waals surface area contributed by atoms with Crippen LogP contribution in [0.15, 0.2) is 84.3 Å². The maximum absolute atomic E-state index is 12.1. The van der Waals surface area contributed by atoms with Crippen LogP contribution >= 0.6 is 11.8 Å². The van der Waals surface area contributed by atoms with E-state index in [1.165, 1.54) is 0 Å². The fourth-order valence-electron chi connectivity index (χ4n) is 5.01. The molecule has 3 N–H and O–H groups in total. The lowest BCUT2D eigenvalue weighted by atomic mass is 9.99. The average Bonchev–Trinajstić information content (AvgIpc) is 3.47. The van der Waals surface area contributed by atoms with Crippen LogP contribution < -0.4 is 5.32 Å². The monoisotopic (exact) mass is 616 g/mol. The maximum Gasteiger partial charge on any atom is 0.303 e. The van der Waals surface area contributed by atoms with Crippen molar-refractivity contribution in [3.63, 3.8) is 0 Å². The average molecular weight is 617 g/mol. The zero-order valence-electron chi connectivity index (χ0n) is 24.5. The molecule has 5 rings (SSSR count). The van der Waals surface area contributed by atoms with Gasteiger partial charge < -0.3 is 29.6 Å². The molecule has 0 aliphatic carbocycles. The molecule has 0 saturated carbocycles. The van der Waals surface area contributed by atoms with Crippen molar-refractivity contribution in [1.29, 1.82) is 0 Å². The Labute approximate surface area is 260 Å². The highest BCUT2D eigenvalue weighted by Gasteiger charge is 2.32. The molecule has 230 valence electrons. The van der Waals surface area contributed by atoms with Gasteiger partial charge >= 0.3 is 5.97 Å². The summed E-state index contributed by atoms with van der Waals surface area (Å²) in [6.07, 6.45) is 1.92. The highest BCUT2D eigenvalue weighted by Crippen LogP contribution is 2.40. The van der Waals surface area contributed by atoms with E-state index in [4.69, 9.17) is 14.6 Å². The molecule has 11 heteroatoms. The van der Waals surface area contributed by atoms with Gasteiger partial charge in [0.2, 0.25) is 5.91 Å². The number of aliphatic carboxylic acids is 1. The number of hydrogen-bond donors (Lipinski definition) is 3. The second-order valence-corrected chi connectivity index (χ2v) is 11.7. The van der Waals surface area contributed by atoms with Crippen LogP contribution in [0.5, 0.6) is 0 Å². The zero-order valence-corrected chi connectivity index (χ0v) is 25.3. The number of rotatable bonds is 13. The first-order valence-corrected chi connectivity index (χ1v) is 15.5. The van der Waals surface area contributed by atoms with E-state index >= 15 is 0 Å². The summed E-state index contributed by atoms with van der Waals surface area (Å²) in [5.41, 5.74) is 5.69. The van der Waals surface area contributed by atoms with E-state index in [1.807, 2.05) is 78.3 Å². The zero-order chi connectivity index (χ0) is 30.9. The molecular formula is C33H36N4O6S. The first-order valence-electron chi connectivity index (χ1n) is 14.5. The summed E-state index contributed by atoms with van der Waals surface area (Å²) in [6.45, 7) is 0.345. The smallest absolute Gasteiger partial charge is 0.303 e. The first kappa shape index (κ1) is 31.4. The van der Waals surface area contributed by atoms with Crippen molar-refractivity contribution in [2.24, 2.45) is 7.05 Å². The van der Waals surface area contributed by atoms with Gasteiger partial charge in [-0.2, -0.15) is 0 Å². The highest BCUT2D eigenvalue weighted by molar-refractivity contribution is 7.99. The van der Waals surface area contributed by atoms with Gasteiger partial charge in [0.1, 0.15) is 6.33 Å². The van der Waals surface area contributed by atoms with Crippen molar-refractivity contribution >= 4 is 23.6 Å². The molecule has 3 atom stereocenters. The van der Waals surface area contributed by atoms with Crippen LogP contribution in [-0.2, 0) is 39.3 Å². The minimum Gasteiger partial charge on any atom is -0.481 e. The van der Waals surface area contributed by atoms with Gasteiger partial charge in [0.25, 0.3) is 0 Å². The Morgan fingerprint density at radius 3 is 2.48 bits per heavy atom. The molecule has 1 fully saturated rings. The number of ether oxygens (including phenoxy) is 2. The lowest BCUT2D eigenvalue weighted by Crippen LogP contribution is -2.31. The summed E-state index contributed by atoms with van der Waals surface area (Å²) in [7, 11) is 1.92. The molecule has 2 heterocycles. The molecule has 1 aromatic heterocycles. The lowest BCUT2D eigenvalue weighted by Gasteiger charge is -2.36.